The quantitative estimate of drug-likeness (QED) is 0.503. The van der Waals surface area contributed by atoms with Gasteiger partial charge in [0, 0.05) is 5.75 Å². The van der Waals surface area contributed by atoms with Crippen LogP contribution in [0, 0.1) is 0 Å². The lowest BCUT2D eigenvalue weighted by atomic mass is 10.7. The number of ether oxygens (including phenoxy) is 1. The zero-order chi connectivity index (χ0) is 5.11. The Morgan fingerprint density at radius 1 is 1.86 bits per heavy atom. The van der Waals surface area contributed by atoms with E-state index in [1.807, 2.05) is 0 Å². The van der Waals surface area contributed by atoms with Gasteiger partial charge >= 0.3 is 0 Å². The normalized spacial score (nSPS) is 31.3. The van der Waals surface area contributed by atoms with E-state index in [0.717, 1.165) is 12.4 Å². The second-order valence-electron chi connectivity index (χ2n) is 1.34. The predicted molar refractivity (Wildman–Crippen MR) is 27.8 cm³/mol. The molecular weight excluding hydrogens is 112 g/mol. The second-order valence-corrected chi connectivity index (χ2v) is 2.61. The highest BCUT2D eigenvalue weighted by Crippen LogP contribution is 2.18. The molecule has 1 saturated heterocycles. The van der Waals surface area contributed by atoms with Crippen molar-refractivity contribution >= 4 is 11.8 Å². The summed E-state index contributed by atoms with van der Waals surface area (Å²) in [5, 5.41) is 9.99. The summed E-state index contributed by atoms with van der Waals surface area (Å²) >= 11 is 1.61. The summed E-state index contributed by atoms with van der Waals surface area (Å²) in [5.74, 6) is 0.993. The van der Waals surface area contributed by atoms with Gasteiger partial charge in [-0.05, 0) is 0 Å². The molecule has 2 nitrogen and oxygen atoms in total. The van der Waals surface area contributed by atoms with Gasteiger partial charge in [0.15, 0.2) is 0 Å². The van der Waals surface area contributed by atoms with Crippen LogP contribution in [0.15, 0.2) is 0 Å². The summed E-state index contributed by atoms with van der Waals surface area (Å²) < 4.78 is 4.95. The largest absolute Gasteiger partial charge is 0.364 e. The molecule has 1 aliphatic heterocycles. The van der Waals surface area contributed by atoms with Crippen molar-refractivity contribution in [2.75, 3.05) is 19.0 Å². The fraction of sp³-hybridized carbons (Fsp3) is 1.00. The number of rotatable bonds is 1. The fourth-order valence-corrected chi connectivity index (χ4v) is 1.25. The highest BCUT2D eigenvalue weighted by molar-refractivity contribution is 8.00. The highest BCUT2D eigenvalue weighted by Gasteiger charge is 2.14. The Morgan fingerprint density at radius 3 is 3.00 bits per heavy atom. The standard InChI is InChI=1S/C4H7O2S/c5-3-4-6-1-2-7-4/h4H,1-3H2. The maximum Gasteiger partial charge on any atom is 0.129 e. The molecule has 1 unspecified atom stereocenters. The van der Waals surface area contributed by atoms with Crippen molar-refractivity contribution in [3.63, 3.8) is 0 Å². The van der Waals surface area contributed by atoms with Gasteiger partial charge in [-0.1, -0.05) is 0 Å². The number of hydrogen-bond donors (Lipinski definition) is 0. The molecule has 0 amide bonds. The first-order chi connectivity index (χ1) is 3.43. The molecule has 0 bridgehead atoms. The van der Waals surface area contributed by atoms with Crippen LogP contribution < -0.4 is 0 Å². The molecular formula is C4H7O2S. The molecule has 3 heteroatoms. The molecule has 1 aliphatic rings. The van der Waals surface area contributed by atoms with Gasteiger partial charge in [0.05, 0.1) is 6.61 Å². The van der Waals surface area contributed by atoms with Crippen LogP contribution in [0.25, 0.3) is 0 Å². The van der Waals surface area contributed by atoms with Crippen LogP contribution in [0.3, 0.4) is 0 Å². The first-order valence-electron chi connectivity index (χ1n) is 2.25. The minimum Gasteiger partial charge on any atom is -0.364 e. The van der Waals surface area contributed by atoms with Gasteiger partial charge < -0.3 is 4.74 Å². The van der Waals surface area contributed by atoms with Crippen LogP contribution in [0.5, 0.6) is 0 Å². The van der Waals surface area contributed by atoms with Crippen molar-refractivity contribution in [2.45, 2.75) is 5.44 Å². The van der Waals surface area contributed by atoms with Crippen molar-refractivity contribution in [1.82, 2.24) is 0 Å². The van der Waals surface area contributed by atoms with E-state index >= 15 is 0 Å². The van der Waals surface area contributed by atoms with E-state index in [4.69, 9.17) is 4.74 Å². The van der Waals surface area contributed by atoms with Gasteiger partial charge in [0.2, 0.25) is 0 Å². The topological polar surface area (TPSA) is 29.1 Å². The average molecular weight is 119 g/mol. The van der Waals surface area contributed by atoms with E-state index in [9.17, 15) is 5.11 Å². The molecule has 0 aromatic carbocycles. The minimum absolute atomic E-state index is 0.0417. The molecule has 1 fully saturated rings. The molecule has 0 aromatic heterocycles. The first kappa shape index (κ1) is 5.41. The Balaban J connectivity index is 2.14. The maximum atomic E-state index is 9.99. The van der Waals surface area contributed by atoms with Crippen molar-refractivity contribution in [1.29, 1.82) is 0 Å². The van der Waals surface area contributed by atoms with Gasteiger partial charge in [-0.15, -0.1) is 11.8 Å². The Bertz CT molecular complexity index is 51.7. The monoisotopic (exact) mass is 119 g/mol. The molecule has 1 atom stereocenters. The van der Waals surface area contributed by atoms with E-state index in [-0.39, 0.29) is 12.0 Å². The lowest BCUT2D eigenvalue weighted by Crippen LogP contribution is -2.04. The molecule has 1 radical (unpaired) electrons. The Kier molecular flexibility index (Phi) is 1.97. The average Bonchev–Trinajstić information content (AvgIpc) is 2.14. The molecule has 41 valence electrons. The second kappa shape index (κ2) is 2.55. The third-order valence-electron chi connectivity index (χ3n) is 0.827. The lowest BCUT2D eigenvalue weighted by Gasteiger charge is -1.97. The zero-order valence-corrected chi connectivity index (χ0v) is 4.74. The first-order valence-corrected chi connectivity index (χ1v) is 3.29. The Hall–Kier alpha value is 0.270. The fourth-order valence-electron chi connectivity index (χ4n) is 0.503. The Labute approximate surface area is 46.9 Å². The SMILES string of the molecule is [O]CC1OCCS1. The summed E-state index contributed by atoms with van der Waals surface area (Å²) in [7, 11) is 0. The van der Waals surface area contributed by atoms with Crippen LogP contribution in [-0.2, 0) is 9.84 Å². The molecule has 7 heavy (non-hydrogen) atoms. The summed E-state index contributed by atoms with van der Waals surface area (Å²) in [6, 6.07) is 0. The van der Waals surface area contributed by atoms with E-state index in [1.54, 1.807) is 11.8 Å². The number of thioether (sulfide) groups is 1. The summed E-state index contributed by atoms with van der Waals surface area (Å²) in [4.78, 5) is 0. The highest BCUT2D eigenvalue weighted by atomic mass is 32.2. The Morgan fingerprint density at radius 2 is 2.71 bits per heavy atom. The predicted octanol–water partition coefficient (Wildman–Crippen LogP) is 0.506. The van der Waals surface area contributed by atoms with Crippen LogP contribution in [0.4, 0.5) is 0 Å². The summed E-state index contributed by atoms with van der Waals surface area (Å²) in [6.45, 7) is 0.669. The van der Waals surface area contributed by atoms with Gasteiger partial charge in [0.1, 0.15) is 12.0 Å². The third-order valence-corrected chi connectivity index (χ3v) is 1.87. The maximum absolute atomic E-state index is 9.99. The van der Waals surface area contributed by atoms with E-state index < -0.39 is 0 Å². The van der Waals surface area contributed by atoms with Crippen molar-refractivity contribution in [3.05, 3.63) is 0 Å². The van der Waals surface area contributed by atoms with Gasteiger partial charge in [0.25, 0.3) is 0 Å². The van der Waals surface area contributed by atoms with Crippen molar-refractivity contribution in [3.8, 4) is 0 Å². The molecule has 0 aliphatic carbocycles. The third kappa shape index (κ3) is 1.33. The zero-order valence-electron chi connectivity index (χ0n) is 3.92. The van der Waals surface area contributed by atoms with Crippen LogP contribution in [0.1, 0.15) is 0 Å². The molecule has 0 spiro atoms. The minimum atomic E-state index is -0.0926. The van der Waals surface area contributed by atoms with E-state index in [1.165, 1.54) is 0 Å². The smallest absolute Gasteiger partial charge is 0.129 e. The van der Waals surface area contributed by atoms with Crippen LogP contribution in [0.2, 0.25) is 0 Å². The van der Waals surface area contributed by atoms with Crippen molar-refractivity contribution in [2.24, 2.45) is 0 Å². The molecule has 1 heterocycles. The van der Waals surface area contributed by atoms with Gasteiger partial charge in [-0.2, -0.15) is 0 Å². The summed E-state index contributed by atoms with van der Waals surface area (Å²) in [5.41, 5.74) is -0.0417. The summed E-state index contributed by atoms with van der Waals surface area (Å²) in [6.07, 6.45) is 0. The van der Waals surface area contributed by atoms with Gasteiger partial charge in [-0.3, -0.25) is 0 Å². The van der Waals surface area contributed by atoms with E-state index in [2.05, 4.69) is 0 Å². The molecule has 0 aromatic rings. The van der Waals surface area contributed by atoms with E-state index in [0.29, 0.717) is 0 Å². The lowest BCUT2D eigenvalue weighted by molar-refractivity contribution is 0.0606. The molecule has 0 N–H and O–H groups in total. The van der Waals surface area contributed by atoms with Crippen LogP contribution in [-0.4, -0.2) is 24.4 Å². The molecule has 1 rings (SSSR count). The molecule has 0 saturated carbocycles. The van der Waals surface area contributed by atoms with Crippen LogP contribution >= 0.6 is 11.8 Å². The number of hydrogen-bond acceptors (Lipinski definition) is 2. The van der Waals surface area contributed by atoms with Gasteiger partial charge in [-0.25, -0.2) is 5.11 Å². The van der Waals surface area contributed by atoms with Crippen molar-refractivity contribution < 1.29 is 9.84 Å².